The molecule has 32 heavy (non-hydrogen) atoms. The maximum absolute atomic E-state index is 10.5. The van der Waals surface area contributed by atoms with Gasteiger partial charge in [-0.2, -0.15) is 13.2 Å². The second-order valence-corrected chi connectivity index (χ2v) is 13.0. The van der Waals surface area contributed by atoms with E-state index < -0.39 is 12.1 Å². The second kappa shape index (κ2) is 12.2. The van der Waals surface area contributed by atoms with Crippen molar-refractivity contribution in [2.75, 3.05) is 0 Å². The number of alkyl halides is 3. The van der Waals surface area contributed by atoms with Crippen LogP contribution >= 0.6 is 95.6 Å². The molecule has 0 saturated heterocycles. The molecule has 0 aliphatic heterocycles. The summed E-state index contributed by atoms with van der Waals surface area (Å²) in [5.74, 6) is -3.01. The molecule has 0 aliphatic rings. The molecule has 0 fully saturated rings. The van der Waals surface area contributed by atoms with Gasteiger partial charge < -0.3 is 9.90 Å². The molecule has 3 aromatic carbocycles. The van der Waals surface area contributed by atoms with Gasteiger partial charge in [-0.3, -0.25) is 0 Å². The zero-order valence-corrected chi connectivity index (χ0v) is 25.7. The Kier molecular flexibility index (Phi) is 10.8. The number of carboxylic acid groups (broad SMARTS) is 1. The lowest BCUT2D eigenvalue weighted by atomic mass is 10.3. The average Bonchev–Trinajstić information content (AvgIpc) is 2.65. The molecule has 0 N–H and O–H groups in total. The third kappa shape index (κ3) is 7.58. The molecule has 2 nitrogen and oxygen atoms in total. The van der Waals surface area contributed by atoms with Gasteiger partial charge in [0.15, 0.2) is 14.7 Å². The van der Waals surface area contributed by atoms with E-state index in [9.17, 15) is 13.2 Å². The first-order chi connectivity index (χ1) is 14.8. The Morgan fingerprint density at radius 3 is 1.31 bits per heavy atom. The highest BCUT2D eigenvalue weighted by Gasteiger charge is 2.37. The second-order valence-electron chi connectivity index (χ2n) is 5.80. The highest BCUT2D eigenvalue weighted by Crippen LogP contribution is 2.46. The Hall–Kier alpha value is 0.150. The number of rotatable bonds is 3. The van der Waals surface area contributed by atoms with Crippen molar-refractivity contribution in [3.8, 4) is 0 Å². The Morgan fingerprint density at radius 2 is 1.03 bits per heavy atom. The fourth-order valence-corrected chi connectivity index (χ4v) is 10.9. The first kappa shape index (κ1) is 28.4. The lowest BCUT2D eigenvalue weighted by molar-refractivity contribution is -0.344. The summed E-state index contributed by atoms with van der Waals surface area (Å²) in [7, 11) is -0.307. The molecular formula is C20H9Br6F3O2S. The number of carboxylic acids is 1. The van der Waals surface area contributed by atoms with Crippen LogP contribution in [0.2, 0.25) is 0 Å². The molecular weight excluding hydrogens is 841 g/mol. The molecule has 0 aromatic heterocycles. The van der Waals surface area contributed by atoms with Gasteiger partial charge >= 0.3 is 6.18 Å². The van der Waals surface area contributed by atoms with Gasteiger partial charge in [0.1, 0.15) is 16.9 Å². The number of carbonyl (C=O) groups is 1. The summed E-state index contributed by atoms with van der Waals surface area (Å²) in [5, 5.41) is 8.78. The predicted octanol–water partition coefficient (Wildman–Crippen LogP) is 8.66. The van der Waals surface area contributed by atoms with Crippen LogP contribution in [0, 0.1) is 0 Å². The van der Waals surface area contributed by atoms with E-state index in [0.29, 0.717) is 0 Å². The van der Waals surface area contributed by atoms with E-state index >= 15 is 0 Å². The molecule has 0 atom stereocenters. The van der Waals surface area contributed by atoms with Gasteiger partial charge in [-0.15, -0.1) is 0 Å². The van der Waals surface area contributed by atoms with Gasteiger partial charge in [0.25, 0.3) is 0 Å². The quantitative estimate of drug-likeness (QED) is 0.248. The minimum absolute atomic E-state index is 0.307. The summed E-state index contributed by atoms with van der Waals surface area (Å²) in [6.07, 6.45) is -5.19. The van der Waals surface area contributed by atoms with Crippen LogP contribution in [0.25, 0.3) is 0 Å². The number of hydrogen-bond donors (Lipinski definition) is 0. The summed E-state index contributed by atoms with van der Waals surface area (Å²) in [5.41, 5.74) is 0. The third-order valence-corrected chi connectivity index (χ3v) is 10.5. The van der Waals surface area contributed by atoms with Crippen molar-refractivity contribution in [1.82, 2.24) is 0 Å². The summed E-state index contributed by atoms with van der Waals surface area (Å²) >= 11 is 22.2. The van der Waals surface area contributed by atoms with Crippen LogP contribution in [0.1, 0.15) is 0 Å². The van der Waals surface area contributed by atoms with Crippen LogP contribution in [0.5, 0.6) is 0 Å². The lowest BCUT2D eigenvalue weighted by Crippen LogP contribution is -2.37. The Bertz CT molecular complexity index is 1020. The number of halogens is 9. The van der Waals surface area contributed by atoms with Crippen LogP contribution in [-0.4, -0.2) is 12.1 Å². The summed E-state index contributed by atoms with van der Waals surface area (Å²) in [6, 6.07) is 18.9. The zero-order chi connectivity index (χ0) is 24.2. The fraction of sp³-hybridized carbons (Fsp3) is 0.0500. The minimum Gasteiger partial charge on any atom is -0.542 e. The molecule has 170 valence electrons. The Morgan fingerprint density at radius 1 is 0.719 bits per heavy atom. The van der Waals surface area contributed by atoms with Crippen molar-refractivity contribution in [3.05, 3.63) is 81.4 Å². The smallest absolute Gasteiger partial charge is 0.430 e. The fourth-order valence-electron chi connectivity index (χ4n) is 2.34. The van der Waals surface area contributed by atoms with Crippen molar-refractivity contribution in [3.63, 3.8) is 0 Å². The van der Waals surface area contributed by atoms with Crippen LogP contribution < -0.4 is 5.11 Å². The highest BCUT2D eigenvalue weighted by molar-refractivity contribution is 9.12. The first-order valence-electron chi connectivity index (χ1n) is 8.19. The van der Waals surface area contributed by atoms with Crippen LogP contribution in [0.4, 0.5) is 13.2 Å². The van der Waals surface area contributed by atoms with E-state index in [1.807, 2.05) is 6.07 Å². The molecule has 0 aliphatic carbocycles. The predicted molar refractivity (Wildman–Crippen MR) is 139 cm³/mol. The molecule has 0 spiro atoms. The van der Waals surface area contributed by atoms with Gasteiger partial charge in [-0.25, -0.2) is 0 Å². The molecule has 0 radical (unpaired) electrons. The van der Waals surface area contributed by atoms with E-state index in [2.05, 4.69) is 144 Å². The van der Waals surface area contributed by atoms with E-state index in [1.54, 1.807) is 0 Å². The third-order valence-electron chi connectivity index (χ3n) is 3.54. The van der Waals surface area contributed by atoms with Crippen molar-refractivity contribution in [2.24, 2.45) is 0 Å². The number of aliphatic carboxylic acids is 1. The van der Waals surface area contributed by atoms with Gasteiger partial charge in [0.2, 0.25) is 0 Å². The molecule has 3 rings (SSSR count). The average molecular weight is 850 g/mol. The molecule has 12 heteroatoms. The van der Waals surface area contributed by atoms with E-state index in [1.165, 1.54) is 14.7 Å². The first-order valence-corrected chi connectivity index (χ1v) is 14.2. The van der Waals surface area contributed by atoms with E-state index in [0.717, 1.165) is 26.8 Å². The summed E-state index contributed by atoms with van der Waals surface area (Å²) in [4.78, 5) is 12.4. The normalized spacial score (nSPS) is 11.2. The molecule has 0 heterocycles. The van der Waals surface area contributed by atoms with Crippen molar-refractivity contribution < 1.29 is 23.1 Å². The van der Waals surface area contributed by atoms with Crippen molar-refractivity contribution >= 4 is 112 Å². The minimum atomic E-state index is -5.19. The van der Waals surface area contributed by atoms with E-state index in [-0.39, 0.29) is 10.9 Å². The molecule has 3 aromatic rings. The largest absolute Gasteiger partial charge is 0.542 e. The van der Waals surface area contributed by atoms with Gasteiger partial charge in [-0.05, 0) is 100 Å². The van der Waals surface area contributed by atoms with Crippen molar-refractivity contribution in [2.45, 2.75) is 20.9 Å². The zero-order valence-electron chi connectivity index (χ0n) is 15.3. The SMILES string of the molecule is Brc1cc(Br)c([S+](c2ccccc2)c2c(Br)cc(Br)cc2Br)c(Br)c1.O=C([O-])C(F)(F)F. The maximum Gasteiger partial charge on any atom is 0.430 e. The van der Waals surface area contributed by atoms with Crippen molar-refractivity contribution in [1.29, 1.82) is 0 Å². The van der Waals surface area contributed by atoms with E-state index in [4.69, 9.17) is 9.90 Å². The standard InChI is InChI=1S/C18H9Br6S.C2HF3O2/c19-10-6-13(21)17(14(22)7-10)25(12-4-2-1-3-5-12)18-15(23)8-11(20)9-16(18)24;3-2(4,5)1(6)7/h1-9H;(H,6,7)/q+1;/p-1. The maximum atomic E-state index is 10.5. The molecule has 0 unspecified atom stereocenters. The van der Waals surface area contributed by atoms with Gasteiger partial charge in [-0.1, -0.05) is 50.1 Å². The summed E-state index contributed by atoms with van der Waals surface area (Å²) in [6.45, 7) is 0. The molecule has 0 amide bonds. The van der Waals surface area contributed by atoms with Gasteiger partial charge in [0, 0.05) is 8.95 Å². The monoisotopic (exact) mass is 844 g/mol. The number of hydrogen-bond acceptors (Lipinski definition) is 2. The Labute approximate surface area is 235 Å². The van der Waals surface area contributed by atoms with Crippen LogP contribution in [-0.2, 0) is 15.7 Å². The Balaban J connectivity index is 0.000000451. The molecule has 0 bridgehead atoms. The van der Waals surface area contributed by atoms with Gasteiger partial charge in [0.05, 0.1) is 17.9 Å². The van der Waals surface area contributed by atoms with Crippen LogP contribution in [0.3, 0.4) is 0 Å². The van der Waals surface area contributed by atoms with Crippen LogP contribution in [0.15, 0.2) is 96.1 Å². The summed E-state index contributed by atoms with van der Waals surface area (Å²) < 4.78 is 37.8. The lowest BCUT2D eigenvalue weighted by Gasteiger charge is -2.14. The number of carbonyl (C=O) groups excluding carboxylic acids is 1. The number of benzene rings is 3. The highest BCUT2D eigenvalue weighted by atomic mass is 79.9. The topological polar surface area (TPSA) is 40.1 Å². The molecule has 0 saturated carbocycles.